The van der Waals surface area contributed by atoms with Crippen LogP contribution in [0.15, 0.2) is 0 Å². The summed E-state index contributed by atoms with van der Waals surface area (Å²) in [5.74, 6) is 0.417. The zero-order valence-electron chi connectivity index (χ0n) is 9.15. The van der Waals surface area contributed by atoms with Gasteiger partial charge in [-0.25, -0.2) is 0 Å². The normalized spacial score (nSPS) is 33.4. The van der Waals surface area contributed by atoms with Crippen LogP contribution in [0, 0.1) is 5.92 Å². The summed E-state index contributed by atoms with van der Waals surface area (Å²) in [6.45, 7) is 2.46. The molecule has 2 atom stereocenters. The molecule has 88 valence electrons. The van der Waals surface area contributed by atoms with E-state index in [0.29, 0.717) is 31.8 Å². The molecule has 0 aromatic rings. The number of ether oxygens (including phenoxy) is 2. The van der Waals surface area contributed by atoms with E-state index in [0.717, 1.165) is 19.4 Å². The van der Waals surface area contributed by atoms with Gasteiger partial charge in [0.05, 0.1) is 13.2 Å². The fraction of sp³-hybridized carbons (Fsp3) is 1.00. The quantitative estimate of drug-likeness (QED) is 0.717. The maximum atomic E-state index is 9.25. The van der Waals surface area contributed by atoms with Gasteiger partial charge in [-0.1, -0.05) is 12.8 Å². The van der Waals surface area contributed by atoms with Crippen LogP contribution < -0.4 is 5.32 Å². The Balaban J connectivity index is 1.71. The summed E-state index contributed by atoms with van der Waals surface area (Å²) in [4.78, 5) is 0. The average Bonchev–Trinajstić information content (AvgIpc) is 2.79. The first-order chi connectivity index (χ1) is 7.40. The highest BCUT2D eigenvalue weighted by molar-refractivity contribution is 4.80. The zero-order chi connectivity index (χ0) is 10.5. The molecule has 2 aliphatic rings. The van der Waals surface area contributed by atoms with Crippen LogP contribution in [0.2, 0.25) is 0 Å². The number of aliphatic hydroxyl groups is 1. The smallest absolute Gasteiger partial charge is 0.170 e. The lowest BCUT2D eigenvalue weighted by Gasteiger charge is -2.31. The summed E-state index contributed by atoms with van der Waals surface area (Å²) in [7, 11) is 0. The molecule has 4 heteroatoms. The molecule has 15 heavy (non-hydrogen) atoms. The topological polar surface area (TPSA) is 50.7 Å². The van der Waals surface area contributed by atoms with E-state index in [1.54, 1.807) is 0 Å². The molecule has 0 unspecified atom stereocenters. The van der Waals surface area contributed by atoms with Crippen LogP contribution in [-0.2, 0) is 9.47 Å². The molecule has 1 aliphatic carbocycles. The van der Waals surface area contributed by atoms with Gasteiger partial charge in [0, 0.05) is 19.2 Å². The molecule has 2 rings (SSSR count). The Morgan fingerprint density at radius 1 is 1.13 bits per heavy atom. The SMILES string of the molecule is OC[C@@H]1CCCC[C@H]1NCC1OCCO1. The van der Waals surface area contributed by atoms with Gasteiger partial charge in [0.25, 0.3) is 0 Å². The van der Waals surface area contributed by atoms with E-state index in [-0.39, 0.29) is 6.29 Å². The van der Waals surface area contributed by atoms with Crippen molar-refractivity contribution in [2.45, 2.75) is 38.0 Å². The Hall–Kier alpha value is -0.160. The van der Waals surface area contributed by atoms with Gasteiger partial charge in [-0.3, -0.25) is 0 Å². The summed E-state index contributed by atoms with van der Waals surface area (Å²) in [6, 6.07) is 0.441. The summed E-state index contributed by atoms with van der Waals surface area (Å²) in [6.07, 6.45) is 4.74. The van der Waals surface area contributed by atoms with Crippen LogP contribution in [0.1, 0.15) is 25.7 Å². The van der Waals surface area contributed by atoms with E-state index in [2.05, 4.69) is 5.32 Å². The number of hydrogen-bond donors (Lipinski definition) is 2. The fourth-order valence-electron chi connectivity index (χ4n) is 2.47. The summed E-state index contributed by atoms with van der Waals surface area (Å²) < 4.78 is 10.7. The van der Waals surface area contributed by atoms with Gasteiger partial charge in [-0.15, -0.1) is 0 Å². The van der Waals surface area contributed by atoms with Crippen molar-refractivity contribution in [1.29, 1.82) is 0 Å². The maximum Gasteiger partial charge on any atom is 0.170 e. The molecule has 0 amide bonds. The third-order valence-electron chi connectivity index (χ3n) is 3.38. The first-order valence-corrected chi connectivity index (χ1v) is 5.97. The highest BCUT2D eigenvalue weighted by atomic mass is 16.7. The van der Waals surface area contributed by atoms with E-state index >= 15 is 0 Å². The van der Waals surface area contributed by atoms with Crippen molar-refractivity contribution in [2.75, 3.05) is 26.4 Å². The highest BCUT2D eigenvalue weighted by Gasteiger charge is 2.25. The largest absolute Gasteiger partial charge is 0.396 e. The van der Waals surface area contributed by atoms with E-state index in [4.69, 9.17) is 9.47 Å². The first-order valence-electron chi connectivity index (χ1n) is 5.97. The van der Waals surface area contributed by atoms with Crippen LogP contribution in [0.4, 0.5) is 0 Å². The third-order valence-corrected chi connectivity index (χ3v) is 3.38. The predicted molar refractivity (Wildman–Crippen MR) is 56.5 cm³/mol. The lowest BCUT2D eigenvalue weighted by molar-refractivity contribution is -0.0431. The molecule has 2 fully saturated rings. The standard InChI is InChI=1S/C11H21NO3/c13-8-9-3-1-2-4-10(9)12-7-11-14-5-6-15-11/h9-13H,1-8H2/t9-,10+/m0/s1. The summed E-state index contributed by atoms with van der Waals surface area (Å²) in [5, 5.41) is 12.7. The molecule has 1 aliphatic heterocycles. The van der Waals surface area contributed by atoms with Crippen LogP contribution >= 0.6 is 0 Å². The Labute approximate surface area is 90.9 Å². The second kappa shape index (κ2) is 5.80. The summed E-state index contributed by atoms with van der Waals surface area (Å²) in [5.41, 5.74) is 0. The van der Waals surface area contributed by atoms with Gasteiger partial charge < -0.3 is 19.9 Å². The Kier molecular flexibility index (Phi) is 4.38. The zero-order valence-corrected chi connectivity index (χ0v) is 9.15. The van der Waals surface area contributed by atoms with Crippen molar-refractivity contribution in [1.82, 2.24) is 5.32 Å². The monoisotopic (exact) mass is 215 g/mol. The molecule has 0 aromatic heterocycles. The molecule has 0 radical (unpaired) electrons. The van der Waals surface area contributed by atoms with Crippen molar-refractivity contribution in [3.05, 3.63) is 0 Å². The van der Waals surface area contributed by atoms with Crippen LogP contribution in [0.25, 0.3) is 0 Å². The van der Waals surface area contributed by atoms with E-state index in [9.17, 15) is 5.11 Å². The Morgan fingerprint density at radius 3 is 2.60 bits per heavy atom. The van der Waals surface area contributed by atoms with E-state index in [1.165, 1.54) is 12.8 Å². The molecular formula is C11H21NO3. The average molecular weight is 215 g/mol. The minimum atomic E-state index is -0.0775. The van der Waals surface area contributed by atoms with Crippen molar-refractivity contribution in [3.63, 3.8) is 0 Å². The first kappa shape index (κ1) is 11.3. The second-order valence-electron chi connectivity index (χ2n) is 4.41. The molecule has 2 N–H and O–H groups in total. The van der Waals surface area contributed by atoms with Crippen LogP contribution in [0.5, 0.6) is 0 Å². The molecule has 0 spiro atoms. The number of nitrogens with one attached hydrogen (secondary N) is 1. The van der Waals surface area contributed by atoms with E-state index in [1.807, 2.05) is 0 Å². The lowest BCUT2D eigenvalue weighted by atomic mass is 9.85. The molecule has 1 saturated carbocycles. The van der Waals surface area contributed by atoms with Crippen molar-refractivity contribution >= 4 is 0 Å². The minimum absolute atomic E-state index is 0.0775. The van der Waals surface area contributed by atoms with Gasteiger partial charge in [0.1, 0.15) is 0 Å². The highest BCUT2D eigenvalue weighted by Crippen LogP contribution is 2.24. The minimum Gasteiger partial charge on any atom is -0.396 e. The van der Waals surface area contributed by atoms with Gasteiger partial charge in [-0.2, -0.15) is 0 Å². The lowest BCUT2D eigenvalue weighted by Crippen LogP contribution is -2.43. The predicted octanol–water partition coefficient (Wildman–Crippen LogP) is 0.500. The van der Waals surface area contributed by atoms with Gasteiger partial charge in [0.15, 0.2) is 6.29 Å². The van der Waals surface area contributed by atoms with Gasteiger partial charge >= 0.3 is 0 Å². The van der Waals surface area contributed by atoms with Crippen molar-refractivity contribution in [2.24, 2.45) is 5.92 Å². The second-order valence-corrected chi connectivity index (χ2v) is 4.41. The van der Waals surface area contributed by atoms with Crippen LogP contribution in [0.3, 0.4) is 0 Å². The molecule has 1 saturated heterocycles. The maximum absolute atomic E-state index is 9.25. The molecule has 4 nitrogen and oxygen atoms in total. The Morgan fingerprint density at radius 2 is 1.87 bits per heavy atom. The number of rotatable bonds is 4. The Bertz CT molecular complexity index is 183. The summed E-state index contributed by atoms with van der Waals surface area (Å²) >= 11 is 0. The van der Waals surface area contributed by atoms with Gasteiger partial charge in [-0.05, 0) is 18.8 Å². The number of hydrogen-bond acceptors (Lipinski definition) is 4. The molecule has 0 bridgehead atoms. The van der Waals surface area contributed by atoms with E-state index < -0.39 is 0 Å². The van der Waals surface area contributed by atoms with Crippen LogP contribution in [-0.4, -0.2) is 43.8 Å². The third kappa shape index (κ3) is 3.14. The molecule has 1 heterocycles. The van der Waals surface area contributed by atoms with Crippen molar-refractivity contribution in [3.8, 4) is 0 Å². The fourth-order valence-corrected chi connectivity index (χ4v) is 2.47. The van der Waals surface area contributed by atoms with Crippen molar-refractivity contribution < 1.29 is 14.6 Å². The van der Waals surface area contributed by atoms with Gasteiger partial charge in [0.2, 0.25) is 0 Å². The number of aliphatic hydroxyl groups excluding tert-OH is 1. The molecule has 0 aromatic carbocycles. The molecular weight excluding hydrogens is 194 g/mol.